The van der Waals surface area contributed by atoms with E-state index in [9.17, 15) is 0 Å². The second-order valence-corrected chi connectivity index (χ2v) is 11.6. The van der Waals surface area contributed by atoms with Gasteiger partial charge in [0.05, 0.1) is 0 Å². The summed E-state index contributed by atoms with van der Waals surface area (Å²) in [6, 6.07) is 33.3. The molecule has 0 amide bonds. The summed E-state index contributed by atoms with van der Waals surface area (Å²) in [5.74, 6) is 0. The lowest BCUT2D eigenvalue weighted by Crippen LogP contribution is -1.83. The average molecular weight is 625 g/mol. The topological polar surface area (TPSA) is 51.6 Å². The van der Waals surface area contributed by atoms with E-state index in [1.165, 1.54) is 44.5 Å². The Labute approximate surface area is 284 Å². The number of hydrogen-bond donors (Lipinski definition) is 0. The van der Waals surface area contributed by atoms with E-state index in [1.54, 1.807) is 24.8 Å². The number of rotatable bonds is 8. The summed E-state index contributed by atoms with van der Waals surface area (Å²) in [7, 11) is 0. The molecule has 0 saturated carbocycles. The highest BCUT2D eigenvalue weighted by atomic mass is 14.6. The molecular weight excluding hydrogens is 585 g/mol. The molecule has 6 rings (SSSR count). The lowest BCUT2D eigenvalue weighted by molar-refractivity contribution is 1.31. The van der Waals surface area contributed by atoms with E-state index in [2.05, 4.69) is 145 Å². The predicted molar refractivity (Wildman–Crippen MR) is 204 cm³/mol. The fourth-order valence-corrected chi connectivity index (χ4v) is 5.09. The number of benzene rings is 2. The van der Waals surface area contributed by atoms with E-state index in [0.29, 0.717) is 0 Å². The van der Waals surface area contributed by atoms with Gasteiger partial charge in [-0.25, -0.2) is 0 Å². The van der Waals surface area contributed by atoms with Gasteiger partial charge in [0.2, 0.25) is 0 Å². The molecule has 0 radical (unpaired) electrons. The summed E-state index contributed by atoms with van der Waals surface area (Å²) in [5.41, 5.74) is 14.2. The molecule has 4 heteroatoms. The lowest BCUT2D eigenvalue weighted by Gasteiger charge is -2.03. The molecule has 48 heavy (non-hydrogen) atoms. The van der Waals surface area contributed by atoms with Gasteiger partial charge in [0.25, 0.3) is 0 Å². The highest BCUT2D eigenvalue weighted by Gasteiger charge is 2.00. The van der Waals surface area contributed by atoms with Crippen LogP contribution in [0.3, 0.4) is 0 Å². The van der Waals surface area contributed by atoms with Crippen molar-refractivity contribution in [3.8, 4) is 0 Å². The third-order valence-electron chi connectivity index (χ3n) is 7.87. The fraction of sp³-hybridized carbons (Fsp3) is 0.0909. The molecule has 6 aromatic rings. The van der Waals surface area contributed by atoms with Crippen LogP contribution in [0.5, 0.6) is 0 Å². The van der Waals surface area contributed by atoms with Gasteiger partial charge in [-0.1, -0.05) is 97.1 Å². The van der Waals surface area contributed by atoms with Crippen molar-refractivity contribution in [2.45, 2.75) is 27.7 Å². The second kappa shape index (κ2) is 17.1. The molecule has 0 spiro atoms. The van der Waals surface area contributed by atoms with Gasteiger partial charge in [0.1, 0.15) is 0 Å². The van der Waals surface area contributed by atoms with Crippen molar-refractivity contribution in [3.05, 3.63) is 191 Å². The van der Waals surface area contributed by atoms with E-state index in [-0.39, 0.29) is 0 Å². The first-order valence-corrected chi connectivity index (χ1v) is 16.0. The minimum atomic E-state index is 1.15. The molecule has 0 fully saturated rings. The van der Waals surface area contributed by atoms with Crippen molar-refractivity contribution < 1.29 is 0 Å². The van der Waals surface area contributed by atoms with Gasteiger partial charge in [-0.05, 0) is 119 Å². The Morgan fingerprint density at radius 2 is 0.542 bits per heavy atom. The van der Waals surface area contributed by atoms with Gasteiger partial charge < -0.3 is 0 Å². The van der Waals surface area contributed by atoms with Gasteiger partial charge in [-0.2, -0.15) is 0 Å². The van der Waals surface area contributed by atoms with Crippen LogP contribution in [0.4, 0.5) is 0 Å². The van der Waals surface area contributed by atoms with E-state index < -0.39 is 0 Å². The van der Waals surface area contributed by atoms with E-state index in [1.807, 2.05) is 49.1 Å². The van der Waals surface area contributed by atoms with Gasteiger partial charge >= 0.3 is 0 Å². The largest absolute Gasteiger partial charge is 0.264 e. The van der Waals surface area contributed by atoms with Gasteiger partial charge in [-0.15, -0.1) is 0 Å². The minimum absolute atomic E-state index is 1.15. The molecule has 0 aliphatic carbocycles. The fourth-order valence-electron chi connectivity index (χ4n) is 5.09. The van der Waals surface area contributed by atoms with Gasteiger partial charge in [0, 0.05) is 49.6 Å². The summed E-state index contributed by atoms with van der Waals surface area (Å²) in [6.07, 6.45) is 23.4. The van der Waals surface area contributed by atoms with Gasteiger partial charge in [-0.3, -0.25) is 19.9 Å². The first-order valence-electron chi connectivity index (χ1n) is 16.0. The zero-order chi connectivity index (χ0) is 33.6. The van der Waals surface area contributed by atoms with E-state index >= 15 is 0 Å². The molecule has 236 valence electrons. The molecule has 0 saturated heterocycles. The Hall–Kier alpha value is -6.00. The lowest BCUT2D eigenvalue weighted by atomic mass is 10.0. The van der Waals surface area contributed by atoms with Crippen LogP contribution in [-0.4, -0.2) is 19.9 Å². The third-order valence-corrected chi connectivity index (χ3v) is 7.87. The van der Waals surface area contributed by atoms with Gasteiger partial charge in [0.15, 0.2) is 0 Å². The molecule has 0 aliphatic rings. The van der Waals surface area contributed by atoms with Crippen molar-refractivity contribution in [1.82, 2.24) is 19.9 Å². The van der Waals surface area contributed by atoms with Crippen LogP contribution < -0.4 is 0 Å². The molecule has 0 unspecified atom stereocenters. The zero-order valence-electron chi connectivity index (χ0n) is 28.0. The Morgan fingerprint density at radius 3 is 0.708 bits per heavy atom. The molecule has 4 heterocycles. The number of aromatic nitrogens is 4. The van der Waals surface area contributed by atoms with Crippen molar-refractivity contribution in [3.63, 3.8) is 0 Å². The predicted octanol–water partition coefficient (Wildman–Crippen LogP) is 11.2. The second-order valence-electron chi connectivity index (χ2n) is 11.6. The smallest absolute Gasteiger partial charge is 0.0342 e. The molecule has 0 atom stereocenters. The normalized spacial score (nSPS) is 12.2. The SMILES string of the molecule is C/C(=C/c1ccc(/C=C(/C)c2cccnc2)cc1)c1cccnc1.C/C(=C/c1ccc(/C=C(/C)c2cccnc2)cc1)c1cccnc1. The van der Waals surface area contributed by atoms with Crippen molar-refractivity contribution in [1.29, 1.82) is 0 Å². The first kappa shape index (κ1) is 33.4. The third kappa shape index (κ3) is 10.0. The van der Waals surface area contributed by atoms with Crippen LogP contribution in [0.15, 0.2) is 147 Å². The molecule has 4 nitrogen and oxygen atoms in total. The molecule has 4 aromatic heterocycles. The average Bonchev–Trinajstić information content (AvgIpc) is 3.15. The Bertz CT molecular complexity index is 1690. The molecule has 0 N–H and O–H groups in total. The Kier molecular flexibility index (Phi) is 11.9. The number of pyridine rings is 4. The van der Waals surface area contributed by atoms with Crippen LogP contribution in [0.1, 0.15) is 72.2 Å². The minimum Gasteiger partial charge on any atom is -0.264 e. The standard InChI is InChI=1S/2C22H20N2/c2*1-17(21-5-3-11-23-15-21)13-19-7-9-20(10-8-19)14-18(2)22-6-4-12-24-16-22/h2*3-16H,1-2H3/b2*17-13-,18-14-. The van der Waals surface area contributed by atoms with Crippen LogP contribution in [0, 0.1) is 0 Å². The number of allylic oxidation sites excluding steroid dienone is 4. The number of nitrogens with zero attached hydrogens (tertiary/aromatic N) is 4. The monoisotopic (exact) mass is 624 g/mol. The van der Waals surface area contributed by atoms with Crippen LogP contribution in [0.25, 0.3) is 46.6 Å². The summed E-state index contributed by atoms with van der Waals surface area (Å²) in [4.78, 5) is 16.7. The summed E-state index contributed by atoms with van der Waals surface area (Å²) >= 11 is 0. The summed E-state index contributed by atoms with van der Waals surface area (Å²) in [6.45, 7) is 8.43. The highest BCUT2D eigenvalue weighted by Crippen LogP contribution is 2.21. The molecule has 0 bridgehead atoms. The van der Waals surface area contributed by atoms with Crippen molar-refractivity contribution in [2.75, 3.05) is 0 Å². The molecule has 0 aliphatic heterocycles. The highest BCUT2D eigenvalue weighted by molar-refractivity contribution is 5.83. The number of hydrogen-bond acceptors (Lipinski definition) is 4. The Morgan fingerprint density at radius 1 is 0.333 bits per heavy atom. The van der Waals surface area contributed by atoms with E-state index in [4.69, 9.17) is 0 Å². The quantitative estimate of drug-likeness (QED) is 0.169. The zero-order valence-corrected chi connectivity index (χ0v) is 28.0. The maximum atomic E-state index is 4.17. The maximum Gasteiger partial charge on any atom is 0.0342 e. The van der Waals surface area contributed by atoms with E-state index in [0.717, 1.165) is 22.3 Å². The molecule has 2 aromatic carbocycles. The van der Waals surface area contributed by atoms with Crippen molar-refractivity contribution in [2.24, 2.45) is 0 Å². The van der Waals surface area contributed by atoms with Crippen LogP contribution in [0.2, 0.25) is 0 Å². The van der Waals surface area contributed by atoms with Crippen LogP contribution >= 0.6 is 0 Å². The summed E-state index contributed by atoms with van der Waals surface area (Å²) < 4.78 is 0. The van der Waals surface area contributed by atoms with Crippen molar-refractivity contribution >= 4 is 46.6 Å². The maximum absolute atomic E-state index is 4.17. The van der Waals surface area contributed by atoms with Crippen LogP contribution in [-0.2, 0) is 0 Å². The Balaban J connectivity index is 0.000000188. The summed E-state index contributed by atoms with van der Waals surface area (Å²) in [5, 5.41) is 0. The first-order chi connectivity index (χ1) is 23.4. The molecular formula is C44H40N4.